The molecule has 1 unspecified atom stereocenters. The Balaban J connectivity index is 1.56. The van der Waals surface area contributed by atoms with Gasteiger partial charge in [0.2, 0.25) is 5.88 Å². The number of nitrogens with zero attached hydrogens (tertiary/aromatic N) is 3. The first kappa shape index (κ1) is 17.5. The Bertz CT molecular complexity index is 680. The molecule has 1 fully saturated rings. The molecule has 0 saturated carbocycles. The molecule has 1 aromatic heterocycles. The highest BCUT2D eigenvalue weighted by Gasteiger charge is 2.22. The van der Waals surface area contributed by atoms with Crippen LogP contribution in [0.25, 0.3) is 0 Å². The minimum absolute atomic E-state index is 0.487. The first-order valence-electron chi connectivity index (χ1n) is 8.62. The fraction of sp³-hybridized carbons (Fsp3) is 0.474. The van der Waals surface area contributed by atoms with Gasteiger partial charge in [-0.2, -0.15) is 0 Å². The monoisotopic (exact) mass is 343 g/mol. The number of methoxy groups -OCH3 is 2. The number of aromatic nitrogens is 2. The topological polar surface area (TPSA) is 56.7 Å². The largest absolute Gasteiger partial charge is 0.493 e. The molecule has 25 heavy (non-hydrogen) atoms. The Morgan fingerprint density at radius 1 is 1.08 bits per heavy atom. The van der Waals surface area contributed by atoms with Crippen LogP contribution in [0.2, 0.25) is 0 Å². The summed E-state index contributed by atoms with van der Waals surface area (Å²) in [5.41, 5.74) is 0.885. The average molecular weight is 343 g/mol. The second kappa shape index (κ2) is 8.67. The fourth-order valence-electron chi connectivity index (χ4n) is 3.22. The van der Waals surface area contributed by atoms with Crippen molar-refractivity contribution in [2.24, 2.45) is 5.92 Å². The van der Waals surface area contributed by atoms with Gasteiger partial charge in [-0.25, -0.2) is 4.98 Å². The summed E-state index contributed by atoms with van der Waals surface area (Å²) in [5, 5.41) is 0. The molecule has 0 radical (unpaired) electrons. The van der Waals surface area contributed by atoms with E-state index in [-0.39, 0.29) is 0 Å². The van der Waals surface area contributed by atoms with E-state index in [1.165, 1.54) is 6.42 Å². The lowest BCUT2D eigenvalue weighted by molar-refractivity contribution is 0.121. The van der Waals surface area contributed by atoms with Gasteiger partial charge >= 0.3 is 0 Å². The maximum absolute atomic E-state index is 6.01. The molecule has 1 saturated heterocycles. The Labute approximate surface area is 148 Å². The van der Waals surface area contributed by atoms with Crippen molar-refractivity contribution < 1.29 is 14.2 Å². The van der Waals surface area contributed by atoms with Crippen LogP contribution in [0.5, 0.6) is 17.4 Å². The molecule has 0 N–H and O–H groups in total. The number of rotatable bonds is 7. The van der Waals surface area contributed by atoms with E-state index in [0.29, 0.717) is 18.4 Å². The van der Waals surface area contributed by atoms with Crippen molar-refractivity contribution in [3.05, 3.63) is 42.4 Å². The number of piperidine rings is 1. The predicted molar refractivity (Wildman–Crippen MR) is 95.1 cm³/mol. The van der Waals surface area contributed by atoms with Gasteiger partial charge in [-0.1, -0.05) is 12.1 Å². The van der Waals surface area contributed by atoms with E-state index in [2.05, 4.69) is 14.9 Å². The molecule has 1 atom stereocenters. The number of benzene rings is 1. The van der Waals surface area contributed by atoms with Gasteiger partial charge in [-0.3, -0.25) is 9.88 Å². The molecule has 134 valence electrons. The van der Waals surface area contributed by atoms with E-state index in [0.717, 1.165) is 43.2 Å². The Morgan fingerprint density at radius 2 is 1.88 bits per heavy atom. The van der Waals surface area contributed by atoms with Crippen molar-refractivity contribution in [2.75, 3.05) is 33.9 Å². The zero-order valence-corrected chi connectivity index (χ0v) is 14.9. The van der Waals surface area contributed by atoms with Crippen molar-refractivity contribution in [3.8, 4) is 17.4 Å². The summed E-state index contributed by atoms with van der Waals surface area (Å²) in [7, 11) is 3.30. The van der Waals surface area contributed by atoms with Gasteiger partial charge in [0.15, 0.2) is 11.5 Å². The summed E-state index contributed by atoms with van der Waals surface area (Å²) in [6, 6.07) is 7.78. The van der Waals surface area contributed by atoms with Gasteiger partial charge in [0.25, 0.3) is 0 Å². The lowest BCUT2D eigenvalue weighted by Gasteiger charge is -2.32. The van der Waals surface area contributed by atoms with E-state index in [1.807, 2.05) is 24.3 Å². The van der Waals surface area contributed by atoms with Crippen LogP contribution in [0.3, 0.4) is 0 Å². The van der Waals surface area contributed by atoms with Gasteiger partial charge in [0, 0.05) is 31.4 Å². The van der Waals surface area contributed by atoms with Crippen LogP contribution in [-0.4, -0.2) is 48.8 Å². The molecule has 1 aliphatic rings. The molecule has 1 aromatic carbocycles. The first-order chi connectivity index (χ1) is 12.3. The molecule has 2 aromatic rings. The molecule has 3 rings (SSSR count). The third kappa shape index (κ3) is 4.60. The minimum Gasteiger partial charge on any atom is -0.493 e. The molecule has 6 heteroatoms. The zero-order chi connectivity index (χ0) is 17.5. The molecule has 0 spiro atoms. The van der Waals surface area contributed by atoms with Crippen molar-refractivity contribution in [1.29, 1.82) is 0 Å². The Morgan fingerprint density at radius 3 is 2.68 bits per heavy atom. The van der Waals surface area contributed by atoms with Crippen LogP contribution in [-0.2, 0) is 6.54 Å². The highest BCUT2D eigenvalue weighted by atomic mass is 16.5. The molecular formula is C19H25N3O3. The molecule has 0 bridgehead atoms. The normalized spacial score (nSPS) is 17.9. The molecule has 0 aliphatic carbocycles. The van der Waals surface area contributed by atoms with Gasteiger partial charge < -0.3 is 14.2 Å². The van der Waals surface area contributed by atoms with Gasteiger partial charge in [0.1, 0.15) is 5.69 Å². The van der Waals surface area contributed by atoms with E-state index < -0.39 is 0 Å². The van der Waals surface area contributed by atoms with Crippen molar-refractivity contribution in [3.63, 3.8) is 0 Å². The maximum Gasteiger partial charge on any atom is 0.236 e. The van der Waals surface area contributed by atoms with Gasteiger partial charge in [-0.05, 0) is 31.5 Å². The first-order valence-corrected chi connectivity index (χ1v) is 8.62. The van der Waals surface area contributed by atoms with Crippen molar-refractivity contribution >= 4 is 0 Å². The van der Waals surface area contributed by atoms with E-state index in [1.54, 1.807) is 26.6 Å². The summed E-state index contributed by atoms with van der Waals surface area (Å²) < 4.78 is 16.7. The zero-order valence-electron chi connectivity index (χ0n) is 14.9. The smallest absolute Gasteiger partial charge is 0.236 e. The van der Waals surface area contributed by atoms with E-state index in [4.69, 9.17) is 14.2 Å². The number of hydrogen-bond donors (Lipinski definition) is 0. The van der Waals surface area contributed by atoms with Crippen LogP contribution in [0, 0.1) is 5.92 Å². The summed E-state index contributed by atoms with van der Waals surface area (Å²) in [6.07, 6.45) is 5.69. The Kier molecular flexibility index (Phi) is 6.06. The highest BCUT2D eigenvalue weighted by Crippen LogP contribution is 2.27. The van der Waals surface area contributed by atoms with Crippen molar-refractivity contribution in [2.45, 2.75) is 19.4 Å². The van der Waals surface area contributed by atoms with Crippen LogP contribution < -0.4 is 14.2 Å². The van der Waals surface area contributed by atoms with Gasteiger partial charge in [-0.15, -0.1) is 0 Å². The summed E-state index contributed by atoms with van der Waals surface area (Å²) >= 11 is 0. The summed E-state index contributed by atoms with van der Waals surface area (Å²) in [6.45, 7) is 3.48. The van der Waals surface area contributed by atoms with Crippen LogP contribution in [0.15, 0.2) is 36.7 Å². The number of likely N-dealkylation sites (tertiary alicyclic amines) is 1. The van der Waals surface area contributed by atoms with Crippen LogP contribution in [0.1, 0.15) is 18.5 Å². The quantitative estimate of drug-likeness (QED) is 0.770. The fourth-order valence-corrected chi connectivity index (χ4v) is 3.22. The highest BCUT2D eigenvalue weighted by molar-refractivity contribution is 5.39. The van der Waals surface area contributed by atoms with Crippen LogP contribution in [0.4, 0.5) is 0 Å². The summed E-state index contributed by atoms with van der Waals surface area (Å²) in [5.74, 6) is 2.67. The van der Waals surface area contributed by atoms with Gasteiger partial charge in [0.05, 0.1) is 20.8 Å². The molecular weight excluding hydrogens is 318 g/mol. The predicted octanol–water partition coefficient (Wildman–Crippen LogP) is 2.78. The number of ether oxygens (including phenoxy) is 3. The van der Waals surface area contributed by atoms with Crippen LogP contribution >= 0.6 is 0 Å². The number of para-hydroxylation sites is 2. The third-order valence-corrected chi connectivity index (χ3v) is 4.45. The Hall–Kier alpha value is -2.34. The minimum atomic E-state index is 0.487. The SMILES string of the molecule is COc1ccccc1OCC1CCCN(Cc2nccnc2OC)C1. The molecule has 0 amide bonds. The standard InChI is InChI=1S/C19H25N3O3/c1-23-17-7-3-4-8-18(17)25-14-15-6-5-11-22(12-15)13-16-19(24-2)21-10-9-20-16/h3-4,7-10,15H,5-6,11-14H2,1-2H3. The average Bonchev–Trinajstić information content (AvgIpc) is 2.67. The third-order valence-electron chi connectivity index (χ3n) is 4.45. The molecule has 6 nitrogen and oxygen atoms in total. The lowest BCUT2D eigenvalue weighted by Crippen LogP contribution is -2.37. The van der Waals surface area contributed by atoms with E-state index >= 15 is 0 Å². The molecule has 1 aliphatic heterocycles. The number of hydrogen-bond acceptors (Lipinski definition) is 6. The van der Waals surface area contributed by atoms with Crippen molar-refractivity contribution in [1.82, 2.24) is 14.9 Å². The second-order valence-corrected chi connectivity index (χ2v) is 6.22. The van der Waals surface area contributed by atoms with E-state index in [9.17, 15) is 0 Å². The lowest BCUT2D eigenvalue weighted by atomic mass is 9.99. The summed E-state index contributed by atoms with van der Waals surface area (Å²) in [4.78, 5) is 11.0. The molecule has 2 heterocycles. The maximum atomic E-state index is 6.01. The second-order valence-electron chi connectivity index (χ2n) is 6.22.